The summed E-state index contributed by atoms with van der Waals surface area (Å²) in [6, 6.07) is 11.2. The van der Waals surface area contributed by atoms with Crippen molar-refractivity contribution < 1.29 is 9.84 Å². The number of nitrogens with zero attached hydrogens (tertiary/aromatic N) is 2. The summed E-state index contributed by atoms with van der Waals surface area (Å²) in [7, 11) is 1.48. The maximum absolute atomic E-state index is 9.79. The van der Waals surface area contributed by atoms with Crippen molar-refractivity contribution in [2.24, 2.45) is 0 Å². The standard InChI is InChI=1S/C18H14BrN3O2/c1-10-3-4-14-15(5-10)22-18(21-14)12(9-20)6-11-7-17(24-2)16(23)8-13(11)19/h3-8,23H,1-2H3,(H,21,22)/b12-6+. The minimum Gasteiger partial charge on any atom is -0.504 e. The number of imidazole rings is 1. The van der Waals surface area contributed by atoms with Gasteiger partial charge < -0.3 is 14.8 Å². The zero-order valence-corrected chi connectivity index (χ0v) is 14.7. The predicted molar refractivity (Wildman–Crippen MR) is 96.7 cm³/mol. The first-order chi connectivity index (χ1) is 11.5. The van der Waals surface area contributed by atoms with Gasteiger partial charge in [-0.3, -0.25) is 0 Å². The Kier molecular flexibility index (Phi) is 4.28. The van der Waals surface area contributed by atoms with Crippen molar-refractivity contribution in [2.45, 2.75) is 6.92 Å². The highest BCUT2D eigenvalue weighted by atomic mass is 79.9. The molecule has 2 N–H and O–H groups in total. The van der Waals surface area contributed by atoms with Crippen LogP contribution < -0.4 is 4.74 Å². The number of aromatic nitrogens is 2. The molecule has 0 saturated carbocycles. The lowest BCUT2D eigenvalue weighted by Crippen LogP contribution is -1.88. The molecule has 0 atom stereocenters. The van der Waals surface area contributed by atoms with Crippen molar-refractivity contribution in [1.82, 2.24) is 9.97 Å². The number of aromatic amines is 1. The Morgan fingerprint density at radius 1 is 1.38 bits per heavy atom. The maximum atomic E-state index is 9.79. The lowest BCUT2D eigenvalue weighted by molar-refractivity contribution is 0.373. The fraction of sp³-hybridized carbons (Fsp3) is 0.111. The van der Waals surface area contributed by atoms with Crippen LogP contribution in [0, 0.1) is 18.3 Å². The van der Waals surface area contributed by atoms with Gasteiger partial charge in [0.25, 0.3) is 0 Å². The van der Waals surface area contributed by atoms with Crippen molar-refractivity contribution in [1.29, 1.82) is 5.26 Å². The summed E-state index contributed by atoms with van der Waals surface area (Å²) in [4.78, 5) is 7.64. The van der Waals surface area contributed by atoms with Gasteiger partial charge in [0.05, 0.1) is 23.7 Å². The Morgan fingerprint density at radius 2 is 2.17 bits per heavy atom. The zero-order valence-electron chi connectivity index (χ0n) is 13.1. The topological polar surface area (TPSA) is 81.9 Å². The molecule has 0 amide bonds. The van der Waals surface area contributed by atoms with E-state index < -0.39 is 0 Å². The molecule has 2 aromatic carbocycles. The molecule has 0 bridgehead atoms. The van der Waals surface area contributed by atoms with E-state index in [0.717, 1.165) is 16.6 Å². The van der Waals surface area contributed by atoms with E-state index >= 15 is 0 Å². The molecule has 0 spiro atoms. The number of hydrogen-bond acceptors (Lipinski definition) is 4. The third-order valence-corrected chi connectivity index (χ3v) is 4.30. The molecule has 1 heterocycles. The van der Waals surface area contributed by atoms with Gasteiger partial charge in [0.15, 0.2) is 11.5 Å². The van der Waals surface area contributed by atoms with E-state index in [4.69, 9.17) is 4.74 Å². The minimum absolute atomic E-state index is 0.0271. The Labute approximate surface area is 147 Å². The van der Waals surface area contributed by atoms with Crippen LogP contribution in [-0.2, 0) is 0 Å². The van der Waals surface area contributed by atoms with Crippen molar-refractivity contribution in [2.75, 3.05) is 7.11 Å². The Hall–Kier alpha value is -2.78. The number of nitriles is 1. The Balaban J connectivity index is 2.10. The van der Waals surface area contributed by atoms with Crippen molar-refractivity contribution in [3.63, 3.8) is 0 Å². The second-order valence-electron chi connectivity index (χ2n) is 5.32. The lowest BCUT2D eigenvalue weighted by Gasteiger charge is -2.06. The number of aryl methyl sites for hydroxylation is 1. The molecular formula is C18H14BrN3O2. The third kappa shape index (κ3) is 2.99. The van der Waals surface area contributed by atoms with E-state index in [0.29, 0.717) is 27.2 Å². The summed E-state index contributed by atoms with van der Waals surface area (Å²) in [5.74, 6) is 0.859. The third-order valence-electron chi connectivity index (χ3n) is 3.61. The van der Waals surface area contributed by atoms with Crippen LogP contribution in [0.2, 0.25) is 0 Å². The number of benzene rings is 2. The molecule has 5 nitrogen and oxygen atoms in total. The first-order valence-corrected chi connectivity index (χ1v) is 7.96. The normalized spacial score (nSPS) is 11.5. The highest BCUT2D eigenvalue weighted by Crippen LogP contribution is 2.34. The fourth-order valence-electron chi connectivity index (χ4n) is 2.39. The van der Waals surface area contributed by atoms with Crippen LogP contribution in [0.3, 0.4) is 0 Å². The monoisotopic (exact) mass is 383 g/mol. The SMILES string of the molecule is COc1cc(/C=C(\C#N)c2nc3ccc(C)cc3[nH]2)c(Br)cc1O. The van der Waals surface area contributed by atoms with E-state index in [9.17, 15) is 10.4 Å². The number of ether oxygens (including phenoxy) is 1. The zero-order chi connectivity index (χ0) is 17.3. The van der Waals surface area contributed by atoms with Crippen LogP contribution in [0.4, 0.5) is 0 Å². The highest BCUT2D eigenvalue weighted by molar-refractivity contribution is 9.10. The van der Waals surface area contributed by atoms with Crippen molar-refractivity contribution in [3.05, 3.63) is 51.8 Å². The number of H-pyrrole nitrogens is 1. The molecule has 0 aliphatic heterocycles. The number of phenolic OH excluding ortho intramolecular Hbond substituents is 1. The average Bonchev–Trinajstić information content (AvgIpc) is 2.97. The largest absolute Gasteiger partial charge is 0.504 e. The maximum Gasteiger partial charge on any atom is 0.161 e. The number of fused-ring (bicyclic) bond motifs is 1. The van der Waals surface area contributed by atoms with Crippen molar-refractivity contribution in [3.8, 4) is 17.6 Å². The van der Waals surface area contributed by atoms with Crippen LogP contribution in [0.15, 0.2) is 34.8 Å². The molecule has 0 fully saturated rings. The van der Waals surface area contributed by atoms with Crippen LogP contribution in [0.5, 0.6) is 11.5 Å². The number of phenols is 1. The first kappa shape index (κ1) is 16.1. The minimum atomic E-state index is 0.0271. The summed E-state index contributed by atoms with van der Waals surface area (Å²) in [5.41, 5.74) is 3.90. The van der Waals surface area contributed by atoms with Gasteiger partial charge in [-0.2, -0.15) is 5.26 Å². The van der Waals surface area contributed by atoms with E-state index in [2.05, 4.69) is 32.0 Å². The van der Waals surface area contributed by atoms with Gasteiger partial charge in [0.2, 0.25) is 0 Å². The summed E-state index contributed by atoms with van der Waals surface area (Å²) in [6.45, 7) is 2.00. The quantitative estimate of drug-likeness (QED) is 0.656. The van der Waals surface area contributed by atoms with Gasteiger partial charge >= 0.3 is 0 Å². The number of nitrogens with one attached hydrogen (secondary N) is 1. The number of allylic oxidation sites excluding steroid dienone is 1. The number of halogens is 1. The average molecular weight is 384 g/mol. The molecule has 0 unspecified atom stereocenters. The van der Waals surface area contributed by atoms with E-state index in [1.165, 1.54) is 13.2 Å². The molecule has 0 saturated heterocycles. The fourth-order valence-corrected chi connectivity index (χ4v) is 2.84. The van der Waals surface area contributed by atoms with Gasteiger partial charge in [-0.05, 0) is 48.4 Å². The van der Waals surface area contributed by atoms with Gasteiger partial charge in [0.1, 0.15) is 11.9 Å². The second-order valence-corrected chi connectivity index (χ2v) is 6.18. The summed E-state index contributed by atoms with van der Waals surface area (Å²) in [6.07, 6.45) is 1.69. The van der Waals surface area contributed by atoms with Gasteiger partial charge in [-0.25, -0.2) is 4.98 Å². The smallest absolute Gasteiger partial charge is 0.161 e. The van der Waals surface area contributed by atoms with Gasteiger partial charge in [-0.15, -0.1) is 0 Å². The number of aromatic hydroxyl groups is 1. The molecule has 3 rings (SSSR count). The molecule has 120 valence electrons. The van der Waals surface area contributed by atoms with Crippen LogP contribution >= 0.6 is 15.9 Å². The van der Waals surface area contributed by atoms with E-state index in [1.807, 2.05) is 25.1 Å². The van der Waals surface area contributed by atoms with Crippen LogP contribution in [0.1, 0.15) is 17.0 Å². The molecule has 0 radical (unpaired) electrons. The lowest BCUT2D eigenvalue weighted by atomic mass is 10.1. The predicted octanol–water partition coefficient (Wildman–Crippen LogP) is 4.41. The Bertz CT molecular complexity index is 999. The molecular weight excluding hydrogens is 370 g/mol. The molecule has 6 heteroatoms. The molecule has 3 aromatic rings. The van der Waals surface area contributed by atoms with E-state index in [1.54, 1.807) is 12.1 Å². The molecule has 0 aliphatic carbocycles. The number of methoxy groups -OCH3 is 1. The molecule has 0 aliphatic rings. The number of rotatable bonds is 3. The van der Waals surface area contributed by atoms with Crippen LogP contribution in [-0.4, -0.2) is 22.2 Å². The summed E-state index contributed by atoms with van der Waals surface area (Å²) >= 11 is 3.38. The van der Waals surface area contributed by atoms with Crippen LogP contribution in [0.25, 0.3) is 22.7 Å². The van der Waals surface area contributed by atoms with Gasteiger partial charge in [-0.1, -0.05) is 22.0 Å². The summed E-state index contributed by atoms with van der Waals surface area (Å²) < 4.78 is 5.77. The van der Waals surface area contributed by atoms with E-state index in [-0.39, 0.29) is 5.75 Å². The Morgan fingerprint density at radius 3 is 2.88 bits per heavy atom. The van der Waals surface area contributed by atoms with Crippen molar-refractivity contribution >= 4 is 38.6 Å². The number of hydrogen-bond donors (Lipinski definition) is 2. The highest BCUT2D eigenvalue weighted by Gasteiger charge is 2.11. The first-order valence-electron chi connectivity index (χ1n) is 7.17. The summed E-state index contributed by atoms with van der Waals surface area (Å²) in [5, 5.41) is 19.3. The van der Waals surface area contributed by atoms with Gasteiger partial charge in [0, 0.05) is 4.47 Å². The second kappa shape index (κ2) is 6.38. The molecule has 24 heavy (non-hydrogen) atoms. The molecule has 1 aromatic heterocycles.